The van der Waals surface area contributed by atoms with Crippen molar-refractivity contribution in [1.82, 2.24) is 14.9 Å². The summed E-state index contributed by atoms with van der Waals surface area (Å²) in [4.78, 5) is 40.7. The molecule has 3 unspecified atom stereocenters. The van der Waals surface area contributed by atoms with Gasteiger partial charge in [-0.3, -0.25) is 4.79 Å². The van der Waals surface area contributed by atoms with Gasteiger partial charge in [-0.05, 0) is 43.0 Å². The van der Waals surface area contributed by atoms with Gasteiger partial charge in [-0.1, -0.05) is 13.0 Å². The number of carbonyl (C=O) groups is 2. The summed E-state index contributed by atoms with van der Waals surface area (Å²) in [7, 11) is 1.35. The minimum Gasteiger partial charge on any atom is -0.464 e. The first kappa shape index (κ1) is 22.8. The largest absolute Gasteiger partial charge is 0.464 e. The molecule has 0 radical (unpaired) electrons. The van der Waals surface area contributed by atoms with Gasteiger partial charge < -0.3 is 23.9 Å². The Morgan fingerprint density at radius 3 is 2.50 bits per heavy atom. The van der Waals surface area contributed by atoms with Crippen LogP contribution in [0.3, 0.4) is 0 Å². The average Bonchev–Trinajstić information content (AvgIpc) is 3.65. The number of amides is 1. The van der Waals surface area contributed by atoms with Crippen molar-refractivity contribution in [1.29, 1.82) is 0 Å². The van der Waals surface area contributed by atoms with E-state index in [0.29, 0.717) is 42.1 Å². The molecule has 0 bridgehead atoms. The van der Waals surface area contributed by atoms with Crippen molar-refractivity contribution in [2.45, 2.75) is 20.3 Å². The first-order chi connectivity index (χ1) is 17.4. The van der Waals surface area contributed by atoms with Crippen LogP contribution in [0.5, 0.6) is 0 Å². The summed E-state index contributed by atoms with van der Waals surface area (Å²) >= 11 is 0. The molecule has 0 N–H and O–H groups in total. The average molecular weight is 490 g/mol. The highest BCUT2D eigenvalue weighted by atomic mass is 16.5. The molecule has 0 aliphatic carbocycles. The van der Waals surface area contributed by atoms with Crippen molar-refractivity contribution < 1.29 is 18.7 Å². The highest BCUT2D eigenvalue weighted by Crippen LogP contribution is 2.35. The topological polar surface area (TPSA) is 92.0 Å². The summed E-state index contributed by atoms with van der Waals surface area (Å²) < 4.78 is 10.8. The number of benzene rings is 1. The minimum atomic E-state index is -0.441. The zero-order valence-corrected chi connectivity index (χ0v) is 20.9. The van der Waals surface area contributed by atoms with Crippen molar-refractivity contribution in [3.63, 3.8) is 0 Å². The van der Waals surface area contributed by atoms with Crippen molar-refractivity contribution in [2.75, 3.05) is 56.2 Å². The molecule has 9 nitrogen and oxygen atoms in total. The molecule has 3 atom stereocenters. The second-order valence-electron chi connectivity index (χ2n) is 10.5. The van der Waals surface area contributed by atoms with Crippen molar-refractivity contribution >= 4 is 34.5 Å². The lowest BCUT2D eigenvalue weighted by Crippen LogP contribution is -2.33. The number of rotatable bonds is 4. The van der Waals surface area contributed by atoms with E-state index in [4.69, 9.17) is 9.15 Å². The summed E-state index contributed by atoms with van der Waals surface area (Å²) in [5.74, 6) is 1.72. The van der Waals surface area contributed by atoms with E-state index in [2.05, 4.69) is 32.8 Å². The van der Waals surface area contributed by atoms with E-state index in [1.807, 2.05) is 30.0 Å². The third-order valence-corrected chi connectivity index (χ3v) is 7.87. The molecule has 5 heterocycles. The SMILES string of the molecule is COC(=O)c1cccc(N2CC3CN(C(=O)c4nc5c(C)cc(N6CCC(C)C6)cc5o4)CC3C2)n1. The monoisotopic (exact) mass is 489 g/mol. The van der Waals surface area contributed by atoms with Gasteiger partial charge in [0.25, 0.3) is 5.89 Å². The zero-order valence-electron chi connectivity index (χ0n) is 20.9. The number of fused-ring (bicyclic) bond motifs is 2. The summed E-state index contributed by atoms with van der Waals surface area (Å²) in [5.41, 5.74) is 3.91. The number of pyridine rings is 1. The highest BCUT2D eigenvalue weighted by Gasteiger charge is 2.43. The fourth-order valence-electron chi connectivity index (χ4n) is 5.92. The fourth-order valence-corrected chi connectivity index (χ4v) is 5.92. The minimum absolute atomic E-state index is 0.145. The maximum absolute atomic E-state index is 13.3. The molecule has 3 aliphatic rings. The molecule has 2 aromatic heterocycles. The fraction of sp³-hybridized carbons (Fsp3) is 0.481. The van der Waals surface area contributed by atoms with Crippen LogP contribution in [0.1, 0.15) is 40.1 Å². The molecule has 188 valence electrons. The molecule has 0 saturated carbocycles. The predicted molar refractivity (Wildman–Crippen MR) is 135 cm³/mol. The third-order valence-electron chi connectivity index (χ3n) is 7.87. The van der Waals surface area contributed by atoms with Gasteiger partial charge in [0.15, 0.2) is 11.3 Å². The molecule has 3 saturated heterocycles. The van der Waals surface area contributed by atoms with Crippen LogP contribution in [0, 0.1) is 24.7 Å². The summed E-state index contributed by atoms with van der Waals surface area (Å²) in [5, 5.41) is 0. The van der Waals surface area contributed by atoms with E-state index in [9.17, 15) is 9.59 Å². The molecule has 0 spiro atoms. The van der Waals surface area contributed by atoms with Crippen LogP contribution in [0.15, 0.2) is 34.7 Å². The van der Waals surface area contributed by atoms with Crippen LogP contribution in [0.4, 0.5) is 11.5 Å². The van der Waals surface area contributed by atoms with Gasteiger partial charge in [0, 0.05) is 62.9 Å². The predicted octanol–water partition coefficient (Wildman–Crippen LogP) is 3.37. The van der Waals surface area contributed by atoms with Gasteiger partial charge in [0.1, 0.15) is 11.3 Å². The van der Waals surface area contributed by atoms with Crippen molar-refractivity contribution in [2.24, 2.45) is 17.8 Å². The van der Waals surface area contributed by atoms with E-state index < -0.39 is 5.97 Å². The number of oxazole rings is 1. The second kappa shape index (κ2) is 8.80. The lowest BCUT2D eigenvalue weighted by Gasteiger charge is -2.22. The standard InChI is InChI=1S/C27H31N5O4/c1-16-7-8-30(11-16)20-9-17(2)24-22(10-20)36-25(29-24)26(33)32-14-18-12-31(13-19(18)15-32)23-6-4-5-21(28-23)27(34)35-3/h4-6,9-10,16,18-19H,7-8,11-15H2,1-3H3. The van der Waals surface area contributed by atoms with Crippen molar-refractivity contribution in [3.05, 3.63) is 47.5 Å². The number of hydrogen-bond donors (Lipinski definition) is 0. The van der Waals surface area contributed by atoms with Crippen molar-refractivity contribution in [3.8, 4) is 0 Å². The summed E-state index contributed by atoms with van der Waals surface area (Å²) in [6, 6.07) is 9.56. The van der Waals surface area contributed by atoms with E-state index in [0.717, 1.165) is 48.8 Å². The number of likely N-dealkylation sites (tertiary alicyclic amines) is 1. The van der Waals surface area contributed by atoms with Crippen LogP contribution in [-0.2, 0) is 4.74 Å². The maximum atomic E-state index is 13.3. The Balaban J connectivity index is 1.15. The Bertz CT molecular complexity index is 1320. The molecule has 3 aromatic rings. The number of methoxy groups -OCH3 is 1. The quantitative estimate of drug-likeness (QED) is 0.515. The molecule has 9 heteroatoms. The number of esters is 1. The lowest BCUT2D eigenvalue weighted by molar-refractivity contribution is 0.0593. The van der Waals surface area contributed by atoms with E-state index in [1.54, 1.807) is 6.07 Å². The Kier molecular flexibility index (Phi) is 5.58. The first-order valence-corrected chi connectivity index (χ1v) is 12.7. The zero-order chi connectivity index (χ0) is 25.0. The van der Waals surface area contributed by atoms with Crippen LogP contribution in [0.2, 0.25) is 0 Å². The number of ether oxygens (including phenoxy) is 1. The molecule has 1 aromatic carbocycles. The Morgan fingerprint density at radius 1 is 1.03 bits per heavy atom. The smallest absolute Gasteiger partial charge is 0.356 e. The molecule has 6 rings (SSSR count). The summed E-state index contributed by atoms with van der Waals surface area (Å²) in [6.45, 7) is 9.28. The van der Waals surface area contributed by atoms with E-state index in [-0.39, 0.29) is 11.8 Å². The Labute approximate surface area is 210 Å². The van der Waals surface area contributed by atoms with Gasteiger partial charge in [-0.15, -0.1) is 0 Å². The normalized spacial score (nSPS) is 23.5. The Morgan fingerprint density at radius 2 is 1.81 bits per heavy atom. The molecule has 3 aliphatic heterocycles. The number of aromatic nitrogens is 2. The lowest BCUT2D eigenvalue weighted by atomic mass is 10.0. The number of aryl methyl sites for hydroxylation is 1. The first-order valence-electron chi connectivity index (χ1n) is 12.7. The van der Waals surface area contributed by atoms with Crippen LogP contribution >= 0.6 is 0 Å². The molecule has 36 heavy (non-hydrogen) atoms. The van der Waals surface area contributed by atoms with Crippen LogP contribution in [-0.4, -0.2) is 73.1 Å². The summed E-state index contributed by atoms with van der Waals surface area (Å²) in [6.07, 6.45) is 1.19. The number of nitrogens with zero attached hydrogens (tertiary/aromatic N) is 5. The molecular formula is C27H31N5O4. The maximum Gasteiger partial charge on any atom is 0.356 e. The van der Waals surface area contributed by atoms with E-state index in [1.165, 1.54) is 13.5 Å². The molecule has 1 amide bonds. The molecular weight excluding hydrogens is 458 g/mol. The van der Waals surface area contributed by atoms with Gasteiger partial charge in [-0.2, -0.15) is 0 Å². The third kappa shape index (κ3) is 3.96. The Hall–Kier alpha value is -3.62. The van der Waals surface area contributed by atoms with Crippen LogP contribution in [0.25, 0.3) is 11.1 Å². The molecule has 3 fully saturated rings. The number of hydrogen-bond acceptors (Lipinski definition) is 8. The van der Waals surface area contributed by atoms with Gasteiger partial charge in [0.05, 0.1) is 7.11 Å². The van der Waals surface area contributed by atoms with E-state index >= 15 is 0 Å². The number of carbonyl (C=O) groups excluding carboxylic acids is 2. The van der Waals surface area contributed by atoms with Gasteiger partial charge in [-0.25, -0.2) is 14.8 Å². The van der Waals surface area contributed by atoms with Crippen LogP contribution < -0.4 is 9.80 Å². The highest BCUT2D eigenvalue weighted by molar-refractivity contribution is 5.94. The number of anilines is 2. The van der Waals surface area contributed by atoms with Gasteiger partial charge >= 0.3 is 11.9 Å². The second-order valence-corrected chi connectivity index (χ2v) is 10.5. The van der Waals surface area contributed by atoms with Gasteiger partial charge in [0.2, 0.25) is 0 Å².